The van der Waals surface area contributed by atoms with Crippen LogP contribution < -0.4 is 9.04 Å². The average molecular weight is 389 g/mol. The summed E-state index contributed by atoms with van der Waals surface area (Å²) in [5.41, 5.74) is 0.976. The Morgan fingerprint density at radius 1 is 1.00 bits per heavy atom. The molecule has 8 heteroatoms. The summed E-state index contributed by atoms with van der Waals surface area (Å²) in [5.74, 6) is -0.395. The fourth-order valence-electron chi connectivity index (χ4n) is 2.41. The predicted octanol–water partition coefficient (Wildman–Crippen LogP) is 4.34. The summed E-state index contributed by atoms with van der Waals surface area (Å²) in [7, 11) is -3.54. The van der Waals surface area contributed by atoms with Crippen LogP contribution in [0.3, 0.4) is 0 Å². The van der Waals surface area contributed by atoms with Gasteiger partial charge in [-0.3, -0.25) is 0 Å². The normalized spacial score (nSPS) is 11.1. The molecule has 0 unspecified atom stereocenters. The molecule has 3 aromatic rings. The standard InChI is InChI=1S/C18H15NO5S2/c1-26(22,23)19(13-5-3-2-4-6-13)14-7-9-15(10-8-14)24-16-11-12-25-17(16)18(20)21/h2-12H,1H3,(H,20,21). The number of rotatable bonds is 6. The van der Waals surface area contributed by atoms with Crippen LogP contribution in [-0.4, -0.2) is 25.7 Å². The van der Waals surface area contributed by atoms with Crippen LogP contribution in [0.15, 0.2) is 66.0 Å². The summed E-state index contributed by atoms with van der Waals surface area (Å²) in [5, 5.41) is 10.8. The molecule has 0 amide bonds. The molecule has 134 valence electrons. The lowest BCUT2D eigenvalue weighted by atomic mass is 10.2. The Bertz CT molecular complexity index is 1010. The fraction of sp³-hybridized carbons (Fsp3) is 0.0556. The molecule has 0 saturated heterocycles. The summed E-state index contributed by atoms with van der Waals surface area (Å²) in [6.07, 6.45) is 1.13. The van der Waals surface area contributed by atoms with Gasteiger partial charge in [0.25, 0.3) is 0 Å². The highest BCUT2D eigenvalue weighted by atomic mass is 32.2. The van der Waals surface area contributed by atoms with Crippen molar-refractivity contribution in [1.29, 1.82) is 0 Å². The third-order valence-electron chi connectivity index (χ3n) is 3.44. The van der Waals surface area contributed by atoms with Gasteiger partial charge in [-0.15, -0.1) is 11.3 Å². The highest BCUT2D eigenvalue weighted by Gasteiger charge is 2.20. The first kappa shape index (κ1) is 18.0. The molecule has 0 saturated carbocycles. The number of benzene rings is 2. The SMILES string of the molecule is CS(=O)(=O)N(c1ccccc1)c1ccc(Oc2ccsc2C(=O)O)cc1. The molecule has 2 aromatic carbocycles. The summed E-state index contributed by atoms with van der Waals surface area (Å²) >= 11 is 1.07. The van der Waals surface area contributed by atoms with Gasteiger partial charge in [0.1, 0.15) is 5.75 Å². The monoisotopic (exact) mass is 389 g/mol. The zero-order chi connectivity index (χ0) is 18.7. The van der Waals surface area contributed by atoms with E-state index in [1.807, 2.05) is 6.07 Å². The van der Waals surface area contributed by atoms with E-state index in [2.05, 4.69) is 0 Å². The zero-order valence-electron chi connectivity index (χ0n) is 13.7. The van der Waals surface area contributed by atoms with Crippen molar-refractivity contribution >= 4 is 38.7 Å². The number of carboxylic acids is 1. The maximum absolute atomic E-state index is 12.2. The Labute approximate surface area is 155 Å². The van der Waals surface area contributed by atoms with Crippen LogP contribution in [-0.2, 0) is 10.0 Å². The van der Waals surface area contributed by atoms with E-state index in [0.29, 0.717) is 17.1 Å². The number of aromatic carboxylic acids is 1. The van der Waals surface area contributed by atoms with Crippen molar-refractivity contribution in [2.75, 3.05) is 10.6 Å². The van der Waals surface area contributed by atoms with E-state index in [9.17, 15) is 13.2 Å². The number of anilines is 2. The minimum atomic E-state index is -3.54. The third kappa shape index (κ3) is 3.87. The Hall–Kier alpha value is -2.84. The van der Waals surface area contributed by atoms with Gasteiger partial charge in [0.15, 0.2) is 10.6 Å². The highest BCUT2D eigenvalue weighted by molar-refractivity contribution is 7.92. The molecule has 0 spiro atoms. The van der Waals surface area contributed by atoms with E-state index in [0.717, 1.165) is 17.6 Å². The van der Waals surface area contributed by atoms with Crippen molar-refractivity contribution in [3.8, 4) is 11.5 Å². The molecule has 0 aliphatic heterocycles. The second kappa shape index (κ2) is 7.19. The van der Waals surface area contributed by atoms with Crippen molar-refractivity contribution in [3.05, 3.63) is 70.9 Å². The first-order valence-corrected chi connectivity index (χ1v) is 10.2. The highest BCUT2D eigenvalue weighted by Crippen LogP contribution is 2.33. The smallest absolute Gasteiger partial charge is 0.349 e. The van der Waals surface area contributed by atoms with Gasteiger partial charge in [-0.1, -0.05) is 18.2 Å². The maximum atomic E-state index is 12.2. The molecule has 0 atom stereocenters. The molecule has 0 radical (unpaired) electrons. The molecule has 1 heterocycles. The van der Waals surface area contributed by atoms with Crippen molar-refractivity contribution < 1.29 is 23.1 Å². The number of sulfonamides is 1. The predicted molar refractivity (Wildman–Crippen MR) is 101 cm³/mol. The largest absolute Gasteiger partial charge is 0.477 e. The second-order valence-electron chi connectivity index (χ2n) is 5.38. The molecule has 0 bridgehead atoms. The number of nitrogens with zero attached hydrogens (tertiary/aromatic N) is 1. The minimum Gasteiger partial charge on any atom is -0.477 e. The number of carbonyl (C=O) groups is 1. The van der Waals surface area contributed by atoms with Gasteiger partial charge >= 0.3 is 5.97 Å². The van der Waals surface area contributed by atoms with E-state index in [-0.39, 0.29) is 10.6 Å². The zero-order valence-corrected chi connectivity index (χ0v) is 15.3. The first-order valence-electron chi connectivity index (χ1n) is 7.50. The second-order valence-corrected chi connectivity index (χ2v) is 8.13. The van der Waals surface area contributed by atoms with Crippen LogP contribution in [0.1, 0.15) is 9.67 Å². The van der Waals surface area contributed by atoms with E-state index < -0.39 is 16.0 Å². The van der Waals surface area contributed by atoms with Crippen molar-refractivity contribution in [3.63, 3.8) is 0 Å². The summed E-state index contributed by atoms with van der Waals surface area (Å²) in [6.45, 7) is 0. The Balaban J connectivity index is 1.90. The molecule has 1 aromatic heterocycles. The summed E-state index contributed by atoms with van der Waals surface area (Å²) in [4.78, 5) is 11.2. The van der Waals surface area contributed by atoms with E-state index in [1.54, 1.807) is 60.0 Å². The van der Waals surface area contributed by atoms with Crippen LogP contribution in [0.2, 0.25) is 0 Å². The van der Waals surface area contributed by atoms with Crippen molar-refractivity contribution in [2.24, 2.45) is 0 Å². The lowest BCUT2D eigenvalue weighted by Crippen LogP contribution is -2.24. The number of hydrogen-bond acceptors (Lipinski definition) is 5. The van der Waals surface area contributed by atoms with E-state index >= 15 is 0 Å². The molecule has 0 aliphatic rings. The molecule has 6 nitrogen and oxygen atoms in total. The van der Waals surface area contributed by atoms with Gasteiger partial charge in [-0.25, -0.2) is 17.5 Å². The topological polar surface area (TPSA) is 83.9 Å². The van der Waals surface area contributed by atoms with Crippen LogP contribution in [0.25, 0.3) is 0 Å². The Kier molecular flexibility index (Phi) is 4.97. The fourth-order valence-corrected chi connectivity index (χ4v) is 4.07. The van der Waals surface area contributed by atoms with Crippen LogP contribution in [0.4, 0.5) is 11.4 Å². The van der Waals surface area contributed by atoms with Gasteiger partial charge in [-0.05, 0) is 47.8 Å². The molecule has 1 N–H and O–H groups in total. The number of hydrogen-bond donors (Lipinski definition) is 1. The Morgan fingerprint density at radius 3 is 2.19 bits per heavy atom. The molecular weight excluding hydrogens is 374 g/mol. The number of carboxylic acid groups (broad SMARTS) is 1. The summed E-state index contributed by atoms with van der Waals surface area (Å²) in [6, 6.07) is 16.7. The molecule has 26 heavy (non-hydrogen) atoms. The van der Waals surface area contributed by atoms with Gasteiger partial charge in [-0.2, -0.15) is 0 Å². The molecule has 3 rings (SSSR count). The van der Waals surface area contributed by atoms with Crippen molar-refractivity contribution in [1.82, 2.24) is 0 Å². The lowest BCUT2D eigenvalue weighted by Gasteiger charge is -2.22. The molecule has 0 fully saturated rings. The van der Waals surface area contributed by atoms with Gasteiger partial charge < -0.3 is 9.84 Å². The number of para-hydroxylation sites is 1. The van der Waals surface area contributed by atoms with E-state index in [4.69, 9.17) is 9.84 Å². The van der Waals surface area contributed by atoms with Crippen molar-refractivity contribution in [2.45, 2.75) is 0 Å². The van der Waals surface area contributed by atoms with E-state index in [1.165, 1.54) is 4.31 Å². The average Bonchev–Trinajstić information content (AvgIpc) is 3.05. The first-order chi connectivity index (χ1) is 12.4. The molecule has 0 aliphatic carbocycles. The van der Waals surface area contributed by atoms with Crippen LogP contribution in [0.5, 0.6) is 11.5 Å². The minimum absolute atomic E-state index is 0.108. The number of thiophene rings is 1. The number of ether oxygens (including phenoxy) is 1. The van der Waals surface area contributed by atoms with Gasteiger partial charge in [0, 0.05) is 0 Å². The molecular formula is C18H15NO5S2. The third-order valence-corrected chi connectivity index (χ3v) is 5.41. The Morgan fingerprint density at radius 2 is 1.62 bits per heavy atom. The van der Waals surface area contributed by atoms with Gasteiger partial charge in [0.05, 0.1) is 17.6 Å². The van der Waals surface area contributed by atoms with Crippen LogP contribution >= 0.6 is 11.3 Å². The summed E-state index contributed by atoms with van der Waals surface area (Å²) < 4.78 is 31.3. The van der Waals surface area contributed by atoms with Crippen LogP contribution in [0, 0.1) is 0 Å². The van der Waals surface area contributed by atoms with Gasteiger partial charge in [0.2, 0.25) is 10.0 Å². The lowest BCUT2D eigenvalue weighted by molar-refractivity contribution is 0.0699. The maximum Gasteiger partial charge on any atom is 0.349 e. The quantitative estimate of drug-likeness (QED) is 0.678.